The second-order valence-electron chi connectivity index (χ2n) is 19.2. The van der Waals surface area contributed by atoms with Crippen molar-refractivity contribution in [3.63, 3.8) is 0 Å². The first kappa shape index (κ1) is 39.2. The molecule has 0 saturated carbocycles. The molecular weight excluding hydrogens is 749 g/mol. The second-order valence-corrected chi connectivity index (χ2v) is 19.2. The lowest BCUT2D eigenvalue weighted by atomic mass is 9.73. The molecule has 9 aromatic carbocycles. The molecule has 0 aliphatic heterocycles. The van der Waals surface area contributed by atoms with E-state index < -0.39 is 5.41 Å². The van der Waals surface area contributed by atoms with Crippen molar-refractivity contribution < 1.29 is 0 Å². The summed E-state index contributed by atoms with van der Waals surface area (Å²) in [4.78, 5) is 4.93. The van der Waals surface area contributed by atoms with Crippen LogP contribution >= 0.6 is 0 Å². The van der Waals surface area contributed by atoms with Crippen LogP contribution in [0.3, 0.4) is 0 Å². The Morgan fingerprint density at radius 2 is 0.645 bits per heavy atom. The molecule has 304 valence electrons. The summed E-state index contributed by atoms with van der Waals surface area (Å²) < 4.78 is 0. The maximum Gasteiger partial charge on any atom is 0.0543 e. The zero-order valence-electron chi connectivity index (χ0n) is 36.9. The van der Waals surface area contributed by atoms with Crippen molar-refractivity contribution in [1.29, 1.82) is 0 Å². The Bertz CT molecular complexity index is 2870. The summed E-state index contributed by atoms with van der Waals surface area (Å²) in [5.74, 6) is 0. The van der Waals surface area contributed by atoms with E-state index in [0.717, 1.165) is 22.7 Å². The van der Waals surface area contributed by atoms with Crippen molar-refractivity contribution in [2.75, 3.05) is 9.80 Å². The molecule has 1 aliphatic rings. The molecule has 0 unspecified atom stereocenters. The number of benzene rings is 9. The zero-order valence-corrected chi connectivity index (χ0v) is 36.9. The molecule has 1 aliphatic carbocycles. The second kappa shape index (κ2) is 14.9. The van der Waals surface area contributed by atoms with Crippen LogP contribution in [0.5, 0.6) is 0 Å². The molecule has 0 N–H and O–H groups in total. The molecular formula is C60H54N2. The molecule has 0 spiro atoms. The van der Waals surface area contributed by atoms with Gasteiger partial charge in [-0.1, -0.05) is 181 Å². The number of rotatable bonds is 7. The van der Waals surface area contributed by atoms with Gasteiger partial charge in [0.05, 0.1) is 11.4 Å². The molecule has 2 heteroatoms. The van der Waals surface area contributed by atoms with E-state index in [1.807, 2.05) is 0 Å². The van der Waals surface area contributed by atoms with Crippen molar-refractivity contribution in [3.05, 3.63) is 228 Å². The highest BCUT2D eigenvalue weighted by Gasteiger charge is 2.44. The van der Waals surface area contributed by atoms with E-state index >= 15 is 0 Å². The van der Waals surface area contributed by atoms with Gasteiger partial charge in [-0.3, -0.25) is 0 Å². The van der Waals surface area contributed by atoms with E-state index in [-0.39, 0.29) is 10.8 Å². The van der Waals surface area contributed by atoms with Crippen molar-refractivity contribution >= 4 is 55.7 Å². The molecule has 0 radical (unpaired) electrons. The van der Waals surface area contributed by atoms with Crippen LogP contribution in [0.1, 0.15) is 76.3 Å². The van der Waals surface area contributed by atoms with Crippen molar-refractivity contribution in [3.8, 4) is 11.1 Å². The maximum atomic E-state index is 2.52. The maximum absolute atomic E-state index is 2.52. The molecule has 0 atom stereocenters. The van der Waals surface area contributed by atoms with E-state index in [9.17, 15) is 0 Å². The van der Waals surface area contributed by atoms with Crippen molar-refractivity contribution in [2.24, 2.45) is 0 Å². The third-order valence-corrected chi connectivity index (χ3v) is 13.2. The minimum Gasteiger partial charge on any atom is -0.310 e. The molecule has 0 bridgehead atoms. The molecule has 0 aromatic heterocycles. The SMILES string of the molecule is CC(C)(C)c1ccc(N(c2ccccc2)c2cc3c(c4ccccc24)-c2c(cc(N(c4ccccc4)c4ccc(C(C)(C)C)cc4)c4ccccc24)C3(C)c2ccccc2)cc1. The summed E-state index contributed by atoms with van der Waals surface area (Å²) in [7, 11) is 0. The smallest absolute Gasteiger partial charge is 0.0543 e. The fraction of sp³-hybridized carbons (Fsp3) is 0.167. The Kier molecular flexibility index (Phi) is 9.45. The van der Waals surface area contributed by atoms with Gasteiger partial charge in [0.1, 0.15) is 0 Å². The highest BCUT2D eigenvalue weighted by molar-refractivity contribution is 6.18. The van der Waals surface area contributed by atoms with Gasteiger partial charge >= 0.3 is 0 Å². The van der Waals surface area contributed by atoms with Crippen LogP contribution in [0, 0.1) is 0 Å². The summed E-state index contributed by atoms with van der Waals surface area (Å²) in [6.45, 7) is 16.1. The molecule has 0 heterocycles. The highest BCUT2D eigenvalue weighted by Crippen LogP contribution is 2.60. The molecule has 0 amide bonds. The van der Waals surface area contributed by atoms with Crippen LogP contribution in [0.2, 0.25) is 0 Å². The van der Waals surface area contributed by atoms with Gasteiger partial charge in [-0.15, -0.1) is 0 Å². The third kappa shape index (κ3) is 6.48. The van der Waals surface area contributed by atoms with Crippen LogP contribution in [0.25, 0.3) is 32.7 Å². The fourth-order valence-corrected chi connectivity index (χ4v) is 9.87. The normalized spacial score (nSPS) is 13.2. The Balaban J connectivity index is 1.29. The first-order valence-corrected chi connectivity index (χ1v) is 22.0. The average molecular weight is 803 g/mol. The lowest BCUT2D eigenvalue weighted by Gasteiger charge is -2.33. The predicted molar refractivity (Wildman–Crippen MR) is 266 cm³/mol. The summed E-state index contributed by atoms with van der Waals surface area (Å²) in [5.41, 5.74) is 15.6. The fourth-order valence-electron chi connectivity index (χ4n) is 9.87. The Morgan fingerprint density at radius 1 is 0.339 bits per heavy atom. The number of para-hydroxylation sites is 2. The molecule has 2 nitrogen and oxygen atoms in total. The van der Waals surface area contributed by atoms with E-state index in [1.54, 1.807) is 0 Å². The minimum atomic E-state index is -0.500. The van der Waals surface area contributed by atoms with Crippen molar-refractivity contribution in [2.45, 2.75) is 64.7 Å². The predicted octanol–water partition coefficient (Wildman–Crippen LogP) is 16.9. The van der Waals surface area contributed by atoms with Crippen molar-refractivity contribution in [1.82, 2.24) is 0 Å². The molecule has 10 rings (SSSR count). The standard InChI is InChI=1S/C60H54N2/c1-58(2,3)41-31-35-46(36-32-41)61(44-23-13-9-14-24-44)54-39-52-56(50-29-19-17-27-48(50)54)57-51-30-20-18-28-49(51)55(40-53(57)60(52,7)43-21-11-8-12-22-43)62(45-25-15-10-16-26-45)47-37-33-42(34-38-47)59(4,5)6/h8-40H,1-7H3. The van der Waals surface area contributed by atoms with Crippen LogP contribution in [-0.4, -0.2) is 0 Å². The summed E-state index contributed by atoms with van der Waals surface area (Å²) >= 11 is 0. The van der Waals surface area contributed by atoms with E-state index in [2.05, 4.69) is 258 Å². The minimum absolute atomic E-state index is 0.0489. The first-order chi connectivity index (χ1) is 29.9. The van der Waals surface area contributed by atoms with Gasteiger partial charge in [0.2, 0.25) is 0 Å². The molecule has 9 aromatic rings. The lowest BCUT2D eigenvalue weighted by Crippen LogP contribution is -2.23. The van der Waals surface area contributed by atoms with Gasteiger partial charge in [-0.25, -0.2) is 0 Å². The van der Waals surface area contributed by atoms with Gasteiger partial charge in [-0.05, 0) is 128 Å². The molecule has 62 heavy (non-hydrogen) atoms. The topological polar surface area (TPSA) is 6.48 Å². The third-order valence-electron chi connectivity index (χ3n) is 13.2. The van der Waals surface area contributed by atoms with E-state index in [1.165, 1.54) is 71.9 Å². The number of nitrogens with zero attached hydrogens (tertiary/aromatic N) is 2. The van der Waals surface area contributed by atoms with Crippen LogP contribution in [-0.2, 0) is 16.2 Å². The quantitative estimate of drug-likeness (QED) is 0.158. The largest absolute Gasteiger partial charge is 0.310 e. The Morgan fingerprint density at radius 3 is 1.00 bits per heavy atom. The summed E-state index contributed by atoms with van der Waals surface area (Å²) in [6, 6.07) is 74.5. The highest BCUT2D eigenvalue weighted by atomic mass is 15.1. The average Bonchev–Trinajstić information content (AvgIpc) is 3.55. The monoisotopic (exact) mass is 802 g/mol. The first-order valence-electron chi connectivity index (χ1n) is 22.0. The van der Waals surface area contributed by atoms with Gasteiger partial charge < -0.3 is 9.80 Å². The zero-order chi connectivity index (χ0) is 42.8. The summed E-state index contributed by atoms with van der Waals surface area (Å²) in [5, 5.41) is 4.94. The Labute approximate surface area is 367 Å². The van der Waals surface area contributed by atoms with Gasteiger partial charge in [-0.2, -0.15) is 0 Å². The molecule has 0 saturated heterocycles. The molecule has 0 fully saturated rings. The van der Waals surface area contributed by atoms with E-state index in [4.69, 9.17) is 0 Å². The van der Waals surface area contributed by atoms with E-state index in [0.29, 0.717) is 0 Å². The van der Waals surface area contributed by atoms with Gasteiger partial charge in [0.15, 0.2) is 0 Å². The van der Waals surface area contributed by atoms with Crippen LogP contribution < -0.4 is 9.80 Å². The number of hydrogen-bond donors (Lipinski definition) is 0. The van der Waals surface area contributed by atoms with Crippen LogP contribution in [0.4, 0.5) is 34.1 Å². The Hall–Kier alpha value is -6.90. The number of hydrogen-bond acceptors (Lipinski definition) is 2. The lowest BCUT2D eigenvalue weighted by molar-refractivity contribution is 0.590. The van der Waals surface area contributed by atoms with Gasteiger partial charge in [0.25, 0.3) is 0 Å². The summed E-state index contributed by atoms with van der Waals surface area (Å²) in [6.07, 6.45) is 0. The van der Waals surface area contributed by atoms with Crippen LogP contribution in [0.15, 0.2) is 200 Å². The number of fused-ring (bicyclic) bond motifs is 7. The van der Waals surface area contributed by atoms with Gasteiger partial charge in [0, 0.05) is 38.9 Å². The number of anilines is 6.